The first-order chi connectivity index (χ1) is 19.7. The number of nitrogens with zero attached hydrogens (tertiary/aromatic N) is 2. The Bertz CT molecular complexity index is 1470. The fourth-order valence-corrected chi connectivity index (χ4v) is 6.08. The van der Waals surface area contributed by atoms with Crippen molar-refractivity contribution in [2.45, 2.75) is 58.6 Å². The highest BCUT2D eigenvalue weighted by Gasteiger charge is 2.31. The van der Waals surface area contributed by atoms with Gasteiger partial charge in [0.2, 0.25) is 0 Å². The van der Waals surface area contributed by atoms with Gasteiger partial charge in [-0.1, -0.05) is 42.0 Å². The van der Waals surface area contributed by atoms with Gasteiger partial charge in [-0.25, -0.2) is 0 Å². The highest BCUT2D eigenvalue weighted by Crippen LogP contribution is 2.36. The molecule has 4 N–H and O–H groups in total. The molecule has 0 saturated carbocycles. The Morgan fingerprint density at radius 2 is 1.73 bits per heavy atom. The second-order valence-corrected chi connectivity index (χ2v) is 11.2. The van der Waals surface area contributed by atoms with Crippen LogP contribution in [0.3, 0.4) is 0 Å². The van der Waals surface area contributed by atoms with Gasteiger partial charge < -0.3 is 20.8 Å². The molecule has 41 heavy (non-hydrogen) atoms. The maximum absolute atomic E-state index is 12.8. The summed E-state index contributed by atoms with van der Waals surface area (Å²) in [5.74, 6) is 0.442. The standard InChI is InChI=1S/C33H39F3N4O/c1-23-4-2-5-25(16-23)17-24-10-14-39(15-11-24)21-26-6-9-32-30(18-26)31(22-40(32)13-3-12-37)29-8-7-28(19-27(29)20-38)41-33(34,35)36/h2,4-9,16,18-19,22,24H,3,10-15,17,20-21,37-38H2,1H3. The van der Waals surface area contributed by atoms with Crippen LogP contribution in [-0.2, 0) is 26.1 Å². The summed E-state index contributed by atoms with van der Waals surface area (Å²) in [5.41, 5.74) is 19.2. The maximum Gasteiger partial charge on any atom is 0.573 e. The van der Waals surface area contributed by atoms with Gasteiger partial charge in [0.1, 0.15) is 5.75 Å². The maximum atomic E-state index is 12.8. The van der Waals surface area contributed by atoms with Crippen LogP contribution < -0.4 is 16.2 Å². The van der Waals surface area contributed by atoms with Gasteiger partial charge in [0.05, 0.1) is 0 Å². The van der Waals surface area contributed by atoms with Crippen molar-refractivity contribution in [3.05, 3.63) is 89.1 Å². The summed E-state index contributed by atoms with van der Waals surface area (Å²) in [4.78, 5) is 2.52. The van der Waals surface area contributed by atoms with Gasteiger partial charge in [-0.05, 0) is 105 Å². The summed E-state index contributed by atoms with van der Waals surface area (Å²) in [6, 6.07) is 19.8. The molecule has 0 atom stereocenters. The quantitative estimate of drug-likeness (QED) is 0.223. The lowest BCUT2D eigenvalue weighted by Gasteiger charge is -2.32. The molecule has 0 radical (unpaired) electrons. The van der Waals surface area contributed by atoms with Gasteiger partial charge in [-0.15, -0.1) is 13.2 Å². The number of rotatable bonds is 10. The van der Waals surface area contributed by atoms with E-state index in [0.29, 0.717) is 18.0 Å². The van der Waals surface area contributed by atoms with Crippen LogP contribution in [0.4, 0.5) is 13.2 Å². The van der Waals surface area contributed by atoms with Crippen LogP contribution >= 0.6 is 0 Å². The molecular formula is C33H39F3N4O. The Labute approximate surface area is 239 Å². The minimum Gasteiger partial charge on any atom is -0.406 e. The molecule has 1 aromatic heterocycles. The molecule has 1 aliphatic heterocycles. The zero-order valence-corrected chi connectivity index (χ0v) is 23.6. The lowest BCUT2D eigenvalue weighted by atomic mass is 9.89. The van der Waals surface area contributed by atoms with Crippen molar-refractivity contribution < 1.29 is 17.9 Å². The van der Waals surface area contributed by atoms with Crippen LogP contribution in [-0.4, -0.2) is 35.5 Å². The molecule has 8 heteroatoms. The van der Waals surface area contributed by atoms with Crippen LogP contribution in [0.25, 0.3) is 22.0 Å². The summed E-state index contributed by atoms with van der Waals surface area (Å²) in [7, 11) is 0. The largest absolute Gasteiger partial charge is 0.573 e. The van der Waals surface area contributed by atoms with E-state index in [1.807, 2.05) is 0 Å². The van der Waals surface area contributed by atoms with Gasteiger partial charge >= 0.3 is 6.36 Å². The fourth-order valence-electron chi connectivity index (χ4n) is 6.08. The number of piperidine rings is 1. The zero-order valence-electron chi connectivity index (χ0n) is 23.6. The molecule has 1 aliphatic rings. The van der Waals surface area contributed by atoms with Gasteiger partial charge in [0, 0.05) is 42.3 Å². The molecule has 218 valence electrons. The van der Waals surface area contributed by atoms with Crippen molar-refractivity contribution >= 4 is 10.9 Å². The molecule has 0 unspecified atom stereocenters. The molecule has 2 heterocycles. The van der Waals surface area contributed by atoms with Crippen LogP contribution in [0.2, 0.25) is 0 Å². The molecule has 0 bridgehead atoms. The predicted octanol–water partition coefficient (Wildman–Crippen LogP) is 6.78. The third-order valence-electron chi connectivity index (χ3n) is 8.09. The average molecular weight is 565 g/mol. The van der Waals surface area contributed by atoms with Crippen molar-refractivity contribution in [1.29, 1.82) is 0 Å². The lowest BCUT2D eigenvalue weighted by Crippen LogP contribution is -2.33. The summed E-state index contributed by atoms with van der Waals surface area (Å²) in [6.45, 7) is 6.57. The Balaban J connectivity index is 1.37. The van der Waals surface area contributed by atoms with Gasteiger partial charge in [-0.3, -0.25) is 4.90 Å². The van der Waals surface area contributed by atoms with Crippen LogP contribution in [0, 0.1) is 12.8 Å². The van der Waals surface area contributed by atoms with Crippen molar-refractivity contribution in [3.63, 3.8) is 0 Å². The van der Waals surface area contributed by atoms with E-state index in [4.69, 9.17) is 11.5 Å². The van der Waals surface area contributed by atoms with E-state index >= 15 is 0 Å². The van der Waals surface area contributed by atoms with Gasteiger partial charge in [0.25, 0.3) is 0 Å². The van der Waals surface area contributed by atoms with Crippen LogP contribution in [0.5, 0.6) is 5.75 Å². The average Bonchev–Trinajstić information content (AvgIpc) is 3.29. The highest BCUT2D eigenvalue weighted by atomic mass is 19.4. The van der Waals surface area contributed by atoms with E-state index in [1.165, 1.54) is 41.7 Å². The molecule has 1 fully saturated rings. The Kier molecular flexibility index (Phi) is 9.02. The smallest absolute Gasteiger partial charge is 0.406 e. The van der Waals surface area contributed by atoms with E-state index < -0.39 is 6.36 Å². The zero-order chi connectivity index (χ0) is 29.0. The Hall–Kier alpha value is -3.33. The normalized spacial score (nSPS) is 15.1. The molecule has 1 saturated heterocycles. The number of hydrogen-bond donors (Lipinski definition) is 2. The van der Waals surface area contributed by atoms with Gasteiger partial charge in [0.15, 0.2) is 0 Å². The summed E-state index contributed by atoms with van der Waals surface area (Å²) >= 11 is 0. The number of aromatic nitrogens is 1. The number of likely N-dealkylation sites (tertiary alicyclic amines) is 1. The number of nitrogens with two attached hydrogens (primary N) is 2. The fraction of sp³-hybridized carbons (Fsp3) is 0.394. The SMILES string of the molecule is Cc1cccc(CC2CCN(Cc3ccc4c(c3)c(-c3ccc(OC(F)(F)F)cc3CN)cn4CCCN)CC2)c1. The molecule has 3 aromatic carbocycles. The minimum absolute atomic E-state index is 0.0943. The second-order valence-electron chi connectivity index (χ2n) is 11.2. The van der Waals surface area contributed by atoms with E-state index in [2.05, 4.69) is 69.8 Å². The van der Waals surface area contributed by atoms with E-state index in [9.17, 15) is 13.2 Å². The van der Waals surface area contributed by atoms with E-state index in [0.717, 1.165) is 61.1 Å². The number of aryl methyl sites for hydroxylation is 2. The molecule has 0 spiro atoms. The van der Waals surface area contributed by atoms with Crippen molar-refractivity contribution in [3.8, 4) is 16.9 Å². The second kappa shape index (κ2) is 12.7. The first kappa shape index (κ1) is 29.2. The molecule has 0 amide bonds. The van der Waals surface area contributed by atoms with Crippen molar-refractivity contribution in [2.24, 2.45) is 17.4 Å². The number of hydrogen-bond acceptors (Lipinski definition) is 4. The molecule has 5 rings (SSSR count). The molecular weight excluding hydrogens is 525 g/mol. The topological polar surface area (TPSA) is 69.4 Å². The number of ether oxygens (including phenoxy) is 1. The van der Waals surface area contributed by atoms with Crippen LogP contribution in [0.1, 0.15) is 41.5 Å². The lowest BCUT2D eigenvalue weighted by molar-refractivity contribution is -0.274. The Morgan fingerprint density at radius 3 is 2.44 bits per heavy atom. The van der Waals surface area contributed by atoms with E-state index in [-0.39, 0.29) is 12.3 Å². The third kappa shape index (κ3) is 7.31. The van der Waals surface area contributed by atoms with E-state index in [1.54, 1.807) is 6.07 Å². The predicted molar refractivity (Wildman–Crippen MR) is 159 cm³/mol. The summed E-state index contributed by atoms with van der Waals surface area (Å²) in [5, 5.41) is 1.06. The first-order valence-electron chi connectivity index (χ1n) is 14.4. The minimum atomic E-state index is -4.75. The molecule has 5 nitrogen and oxygen atoms in total. The number of benzene rings is 3. The summed E-state index contributed by atoms with van der Waals surface area (Å²) in [6.07, 6.45) is 1.64. The number of halogens is 3. The highest BCUT2D eigenvalue weighted by molar-refractivity contribution is 5.97. The van der Waals surface area contributed by atoms with Gasteiger partial charge in [-0.2, -0.15) is 0 Å². The summed E-state index contributed by atoms with van der Waals surface area (Å²) < 4.78 is 44.8. The monoisotopic (exact) mass is 564 g/mol. The van der Waals surface area contributed by atoms with Crippen LogP contribution in [0.15, 0.2) is 66.9 Å². The number of alkyl halides is 3. The molecule has 4 aromatic rings. The Morgan fingerprint density at radius 1 is 0.927 bits per heavy atom. The molecule has 0 aliphatic carbocycles. The van der Waals surface area contributed by atoms with Crippen molar-refractivity contribution in [2.75, 3.05) is 19.6 Å². The first-order valence-corrected chi connectivity index (χ1v) is 14.4. The van der Waals surface area contributed by atoms with Crippen molar-refractivity contribution in [1.82, 2.24) is 9.47 Å². The number of fused-ring (bicyclic) bond motifs is 1. The third-order valence-corrected chi connectivity index (χ3v) is 8.09.